The summed E-state index contributed by atoms with van der Waals surface area (Å²) in [5.74, 6) is 0.793. The Hall–Kier alpha value is -2.12. The number of nitrogens with zero attached hydrogens (tertiary/aromatic N) is 4. The van der Waals surface area contributed by atoms with Gasteiger partial charge in [-0.25, -0.2) is 9.97 Å². The monoisotopic (exact) mass is 375 g/mol. The number of likely N-dealkylation sites (tertiary alicyclic amines) is 1. The lowest BCUT2D eigenvalue weighted by Crippen LogP contribution is -2.57. The number of hydrogen-bond acceptors (Lipinski definition) is 5. The van der Waals surface area contributed by atoms with Crippen LogP contribution in [0.3, 0.4) is 0 Å². The second-order valence-electron chi connectivity index (χ2n) is 6.93. The zero-order chi connectivity index (χ0) is 18.1. The van der Waals surface area contributed by atoms with E-state index in [4.69, 9.17) is 16.3 Å². The predicted molar refractivity (Wildman–Crippen MR) is 98.6 cm³/mol. The van der Waals surface area contributed by atoms with E-state index in [0.29, 0.717) is 30.4 Å². The van der Waals surface area contributed by atoms with Crippen LogP contribution in [0, 0.1) is 6.92 Å². The predicted octanol–water partition coefficient (Wildman–Crippen LogP) is 2.28. The van der Waals surface area contributed by atoms with E-state index in [1.165, 1.54) is 0 Å². The highest BCUT2D eigenvalue weighted by Crippen LogP contribution is 2.34. The standard InChI is InChI=1S/C18H22ClN5O2/c1-13-15(22-12-21-13)17(25)23-7-4-18(5-8-23)11-24(9-10-26-18)16-14(19)3-2-6-20-16/h2-3,6,12H,4-5,7-11H2,1H3,(H,21,22). The summed E-state index contributed by atoms with van der Waals surface area (Å²) < 4.78 is 6.17. The van der Waals surface area contributed by atoms with E-state index in [1.807, 2.05) is 24.0 Å². The maximum absolute atomic E-state index is 12.6. The number of aromatic nitrogens is 3. The summed E-state index contributed by atoms with van der Waals surface area (Å²) in [5, 5.41) is 0.658. The van der Waals surface area contributed by atoms with Crippen LogP contribution in [0.1, 0.15) is 29.0 Å². The zero-order valence-corrected chi connectivity index (χ0v) is 15.5. The van der Waals surface area contributed by atoms with Crippen molar-refractivity contribution >= 4 is 23.3 Å². The summed E-state index contributed by atoms with van der Waals surface area (Å²) in [5.41, 5.74) is 1.06. The van der Waals surface area contributed by atoms with Crippen LogP contribution < -0.4 is 4.90 Å². The number of carbonyl (C=O) groups is 1. The highest BCUT2D eigenvalue weighted by Gasteiger charge is 2.41. The fourth-order valence-electron chi connectivity index (χ4n) is 3.78. The van der Waals surface area contributed by atoms with Crippen LogP contribution in [0.2, 0.25) is 5.02 Å². The molecule has 0 bridgehead atoms. The van der Waals surface area contributed by atoms with Gasteiger partial charge >= 0.3 is 0 Å². The maximum Gasteiger partial charge on any atom is 0.274 e. The molecule has 7 nitrogen and oxygen atoms in total. The molecule has 8 heteroatoms. The first-order chi connectivity index (χ1) is 12.6. The molecule has 0 radical (unpaired) electrons. The summed E-state index contributed by atoms with van der Waals surface area (Å²) >= 11 is 6.31. The summed E-state index contributed by atoms with van der Waals surface area (Å²) in [7, 11) is 0. The van der Waals surface area contributed by atoms with Crippen LogP contribution in [-0.2, 0) is 4.74 Å². The summed E-state index contributed by atoms with van der Waals surface area (Å²) in [6.07, 6.45) is 4.91. The molecule has 26 heavy (non-hydrogen) atoms. The highest BCUT2D eigenvalue weighted by molar-refractivity contribution is 6.32. The minimum atomic E-state index is -0.253. The smallest absolute Gasteiger partial charge is 0.274 e. The molecular formula is C18H22ClN5O2. The first-order valence-corrected chi connectivity index (χ1v) is 9.24. The molecule has 2 aliphatic heterocycles. The quantitative estimate of drug-likeness (QED) is 0.871. The fraction of sp³-hybridized carbons (Fsp3) is 0.500. The maximum atomic E-state index is 12.6. The van der Waals surface area contributed by atoms with E-state index in [1.54, 1.807) is 12.5 Å². The normalized spacial score (nSPS) is 19.8. The Bertz CT molecular complexity index is 800. The minimum absolute atomic E-state index is 0.0148. The Balaban J connectivity index is 1.44. The van der Waals surface area contributed by atoms with Crippen molar-refractivity contribution in [3.63, 3.8) is 0 Å². The third kappa shape index (κ3) is 3.17. The summed E-state index contributed by atoms with van der Waals surface area (Å²) in [6.45, 7) is 5.34. The largest absolute Gasteiger partial charge is 0.371 e. The molecule has 0 saturated carbocycles. The van der Waals surface area contributed by atoms with Gasteiger partial charge in [-0.2, -0.15) is 0 Å². The Kier molecular flexibility index (Phi) is 4.58. The summed E-state index contributed by atoms with van der Waals surface area (Å²) in [4.78, 5) is 28.3. The van der Waals surface area contributed by atoms with Gasteiger partial charge in [0.2, 0.25) is 0 Å². The number of amides is 1. The van der Waals surface area contributed by atoms with Crippen LogP contribution in [0.15, 0.2) is 24.7 Å². The van der Waals surface area contributed by atoms with Crippen molar-refractivity contribution in [1.82, 2.24) is 19.9 Å². The van der Waals surface area contributed by atoms with Crippen LogP contribution in [0.4, 0.5) is 5.82 Å². The van der Waals surface area contributed by atoms with Crippen molar-refractivity contribution in [3.8, 4) is 0 Å². The number of nitrogens with one attached hydrogen (secondary N) is 1. The van der Waals surface area contributed by atoms with Crippen molar-refractivity contribution in [3.05, 3.63) is 41.1 Å². The van der Waals surface area contributed by atoms with Crippen LogP contribution >= 0.6 is 11.6 Å². The number of morpholine rings is 1. The topological polar surface area (TPSA) is 74.4 Å². The number of rotatable bonds is 2. The van der Waals surface area contributed by atoms with Gasteiger partial charge in [-0.05, 0) is 31.9 Å². The number of ether oxygens (including phenoxy) is 1. The van der Waals surface area contributed by atoms with E-state index >= 15 is 0 Å². The molecular weight excluding hydrogens is 354 g/mol. The second kappa shape index (κ2) is 6.89. The van der Waals surface area contributed by atoms with E-state index in [2.05, 4.69) is 19.9 Å². The van der Waals surface area contributed by atoms with Crippen LogP contribution in [-0.4, -0.2) is 64.1 Å². The molecule has 0 atom stereocenters. The number of aryl methyl sites for hydroxylation is 1. The van der Waals surface area contributed by atoms with Crippen molar-refractivity contribution < 1.29 is 9.53 Å². The molecule has 4 heterocycles. The number of anilines is 1. The molecule has 2 saturated heterocycles. The number of hydrogen-bond donors (Lipinski definition) is 1. The first-order valence-electron chi connectivity index (χ1n) is 8.87. The fourth-order valence-corrected chi connectivity index (χ4v) is 4.02. The van der Waals surface area contributed by atoms with Gasteiger partial charge in [-0.15, -0.1) is 0 Å². The van der Waals surface area contributed by atoms with Crippen LogP contribution in [0.5, 0.6) is 0 Å². The Morgan fingerprint density at radius 1 is 1.31 bits per heavy atom. The van der Waals surface area contributed by atoms with E-state index in [0.717, 1.165) is 37.4 Å². The highest BCUT2D eigenvalue weighted by atomic mass is 35.5. The summed E-state index contributed by atoms with van der Waals surface area (Å²) in [6, 6.07) is 3.70. The molecule has 2 aromatic heterocycles. The van der Waals surface area contributed by atoms with Gasteiger partial charge in [0.05, 0.1) is 23.6 Å². The van der Waals surface area contributed by atoms with Crippen molar-refractivity contribution in [2.45, 2.75) is 25.4 Å². The van der Waals surface area contributed by atoms with E-state index in [-0.39, 0.29) is 11.5 Å². The second-order valence-corrected chi connectivity index (χ2v) is 7.34. The van der Waals surface area contributed by atoms with E-state index in [9.17, 15) is 4.79 Å². The Morgan fingerprint density at radius 3 is 2.81 bits per heavy atom. The Labute approximate surface area is 157 Å². The zero-order valence-electron chi connectivity index (χ0n) is 14.7. The third-order valence-electron chi connectivity index (χ3n) is 5.28. The molecule has 138 valence electrons. The molecule has 2 fully saturated rings. The lowest BCUT2D eigenvalue weighted by atomic mass is 9.89. The number of pyridine rings is 1. The number of H-pyrrole nitrogens is 1. The average Bonchev–Trinajstić information content (AvgIpc) is 3.08. The SMILES string of the molecule is Cc1[nH]cnc1C(=O)N1CCC2(CC1)CN(c1ncccc1Cl)CCO2. The molecule has 4 rings (SSSR count). The number of carbonyl (C=O) groups excluding carboxylic acids is 1. The van der Waals surface area contributed by atoms with Crippen LogP contribution in [0.25, 0.3) is 0 Å². The molecule has 2 aliphatic rings. The van der Waals surface area contributed by atoms with Crippen molar-refractivity contribution in [2.24, 2.45) is 0 Å². The van der Waals surface area contributed by atoms with Gasteiger partial charge in [0, 0.05) is 38.1 Å². The molecule has 0 aromatic carbocycles. The van der Waals surface area contributed by atoms with Gasteiger partial charge in [0.1, 0.15) is 11.5 Å². The average molecular weight is 376 g/mol. The lowest BCUT2D eigenvalue weighted by Gasteiger charge is -2.47. The third-order valence-corrected chi connectivity index (χ3v) is 5.58. The number of halogens is 1. The van der Waals surface area contributed by atoms with Gasteiger partial charge < -0.3 is 19.5 Å². The molecule has 1 amide bonds. The number of piperidine rings is 1. The van der Waals surface area contributed by atoms with Gasteiger partial charge in [-0.1, -0.05) is 11.6 Å². The molecule has 1 spiro atoms. The van der Waals surface area contributed by atoms with Crippen molar-refractivity contribution in [1.29, 1.82) is 0 Å². The number of imidazole rings is 1. The Morgan fingerprint density at radius 2 is 2.12 bits per heavy atom. The molecule has 0 aliphatic carbocycles. The number of aromatic amines is 1. The van der Waals surface area contributed by atoms with Gasteiger partial charge in [0.25, 0.3) is 5.91 Å². The molecule has 1 N–H and O–H groups in total. The minimum Gasteiger partial charge on any atom is -0.371 e. The lowest BCUT2D eigenvalue weighted by molar-refractivity contribution is -0.0870. The van der Waals surface area contributed by atoms with Gasteiger partial charge in [0.15, 0.2) is 0 Å². The van der Waals surface area contributed by atoms with Gasteiger partial charge in [-0.3, -0.25) is 4.79 Å². The molecule has 2 aromatic rings. The first kappa shape index (κ1) is 17.3. The van der Waals surface area contributed by atoms with Crippen molar-refractivity contribution in [2.75, 3.05) is 37.7 Å². The van der Waals surface area contributed by atoms with E-state index < -0.39 is 0 Å². The molecule has 0 unspecified atom stereocenters.